The molecule has 3 aliphatic rings. The van der Waals surface area contributed by atoms with Gasteiger partial charge in [0.15, 0.2) is 5.65 Å². The first-order chi connectivity index (χ1) is 13.3. The van der Waals surface area contributed by atoms with Crippen LogP contribution in [0.2, 0.25) is 0 Å². The van der Waals surface area contributed by atoms with Crippen LogP contribution in [0.15, 0.2) is 18.3 Å². The zero-order valence-electron chi connectivity index (χ0n) is 16.4. The summed E-state index contributed by atoms with van der Waals surface area (Å²) in [6.07, 6.45) is 11.6. The van der Waals surface area contributed by atoms with E-state index in [1.165, 1.54) is 51.5 Å². The van der Waals surface area contributed by atoms with Gasteiger partial charge in [-0.25, -0.2) is 9.97 Å². The number of piperidine rings is 1. The minimum atomic E-state index is 0.628. The molecule has 3 atom stereocenters. The summed E-state index contributed by atoms with van der Waals surface area (Å²) in [7, 11) is 2.09. The molecule has 2 saturated heterocycles. The third-order valence-corrected chi connectivity index (χ3v) is 7.11. The van der Waals surface area contributed by atoms with Gasteiger partial charge in [0.2, 0.25) is 0 Å². The van der Waals surface area contributed by atoms with Crippen LogP contribution in [0.25, 0.3) is 11.2 Å². The van der Waals surface area contributed by atoms with Crippen LogP contribution in [0.4, 0.5) is 0 Å². The van der Waals surface area contributed by atoms with E-state index in [0.717, 1.165) is 36.0 Å². The zero-order valence-corrected chi connectivity index (χ0v) is 16.4. The molecule has 2 N–H and O–H groups in total. The van der Waals surface area contributed by atoms with Crippen molar-refractivity contribution >= 4 is 11.2 Å². The number of likely N-dealkylation sites (tertiary alicyclic amines) is 1. The van der Waals surface area contributed by atoms with E-state index in [9.17, 15) is 0 Å². The fourth-order valence-corrected chi connectivity index (χ4v) is 5.53. The van der Waals surface area contributed by atoms with Crippen molar-refractivity contribution in [2.75, 3.05) is 13.1 Å². The molecule has 146 valence electrons. The Bertz CT molecular complexity index is 780. The standard InChI is InChI=1S/C21H32N6/c1-26-20(23-18-8-5-10-22-21(18)26)14-27-11-9-17-16(13-27)19(25-24-17)12-15-6-3-2-4-7-15/h5,8,10,15-17,19,24-25H,2-4,6-7,9,11-14H2,1H3. The Balaban J connectivity index is 1.26. The lowest BCUT2D eigenvalue weighted by atomic mass is 9.79. The van der Waals surface area contributed by atoms with Crippen LogP contribution in [0.5, 0.6) is 0 Å². The molecular weight excluding hydrogens is 336 g/mol. The monoisotopic (exact) mass is 368 g/mol. The van der Waals surface area contributed by atoms with E-state index >= 15 is 0 Å². The van der Waals surface area contributed by atoms with Gasteiger partial charge in [0.05, 0.1) is 6.54 Å². The van der Waals surface area contributed by atoms with E-state index in [1.54, 1.807) is 0 Å². The van der Waals surface area contributed by atoms with Crippen molar-refractivity contribution in [1.82, 2.24) is 30.3 Å². The second-order valence-electron chi connectivity index (χ2n) is 8.86. The smallest absolute Gasteiger partial charge is 0.159 e. The summed E-state index contributed by atoms with van der Waals surface area (Å²) in [6, 6.07) is 5.29. The third kappa shape index (κ3) is 3.50. The number of pyridine rings is 1. The third-order valence-electron chi connectivity index (χ3n) is 7.11. The summed E-state index contributed by atoms with van der Waals surface area (Å²) < 4.78 is 2.16. The van der Waals surface area contributed by atoms with Gasteiger partial charge in [-0.3, -0.25) is 15.8 Å². The Hall–Kier alpha value is -1.50. The molecule has 4 heterocycles. The summed E-state index contributed by atoms with van der Waals surface area (Å²) in [5, 5.41) is 0. The van der Waals surface area contributed by atoms with E-state index in [-0.39, 0.29) is 0 Å². The minimum absolute atomic E-state index is 0.628. The van der Waals surface area contributed by atoms with Crippen LogP contribution in [-0.2, 0) is 13.6 Å². The second kappa shape index (κ2) is 7.49. The quantitative estimate of drug-likeness (QED) is 0.869. The maximum Gasteiger partial charge on any atom is 0.159 e. The molecule has 1 saturated carbocycles. The molecule has 6 nitrogen and oxygen atoms in total. The van der Waals surface area contributed by atoms with Gasteiger partial charge in [-0.15, -0.1) is 0 Å². The lowest BCUT2D eigenvalue weighted by molar-refractivity contribution is 0.136. The predicted octanol–water partition coefficient (Wildman–Crippen LogP) is 2.61. The normalized spacial score (nSPS) is 30.0. The number of nitrogens with one attached hydrogen (secondary N) is 2. The number of imidazole rings is 1. The number of fused-ring (bicyclic) bond motifs is 2. The number of hydrogen-bond donors (Lipinski definition) is 2. The molecule has 3 fully saturated rings. The Morgan fingerprint density at radius 1 is 1.15 bits per heavy atom. The number of rotatable bonds is 4. The summed E-state index contributed by atoms with van der Waals surface area (Å²) in [6.45, 7) is 3.23. The maximum absolute atomic E-state index is 4.83. The summed E-state index contributed by atoms with van der Waals surface area (Å²) in [5.41, 5.74) is 9.26. The molecule has 6 heteroatoms. The highest BCUT2D eigenvalue weighted by molar-refractivity contribution is 5.70. The molecular formula is C21H32N6. The topological polar surface area (TPSA) is 58.0 Å². The highest BCUT2D eigenvalue weighted by Gasteiger charge is 2.40. The average molecular weight is 369 g/mol. The number of hydrogen-bond acceptors (Lipinski definition) is 5. The molecule has 0 amide bonds. The Labute approximate surface area is 161 Å². The Kier molecular flexibility index (Phi) is 4.88. The largest absolute Gasteiger partial charge is 0.315 e. The van der Waals surface area contributed by atoms with Crippen molar-refractivity contribution in [2.24, 2.45) is 18.9 Å². The van der Waals surface area contributed by atoms with Crippen molar-refractivity contribution in [3.63, 3.8) is 0 Å². The van der Waals surface area contributed by atoms with Gasteiger partial charge in [-0.2, -0.15) is 0 Å². The van der Waals surface area contributed by atoms with Crippen molar-refractivity contribution < 1.29 is 0 Å². The van der Waals surface area contributed by atoms with Crippen molar-refractivity contribution in [2.45, 2.75) is 63.6 Å². The molecule has 1 aliphatic carbocycles. The first-order valence-corrected chi connectivity index (χ1v) is 10.8. The van der Waals surface area contributed by atoms with Crippen LogP contribution in [0.3, 0.4) is 0 Å². The Morgan fingerprint density at radius 2 is 2.04 bits per heavy atom. The van der Waals surface area contributed by atoms with E-state index in [2.05, 4.69) is 38.4 Å². The average Bonchev–Trinajstić information content (AvgIpc) is 3.24. The fraction of sp³-hybridized carbons (Fsp3) is 0.714. The molecule has 2 aromatic rings. The molecule has 0 spiro atoms. The maximum atomic E-state index is 4.83. The second-order valence-corrected chi connectivity index (χ2v) is 8.86. The van der Waals surface area contributed by atoms with Crippen LogP contribution >= 0.6 is 0 Å². The van der Waals surface area contributed by atoms with Crippen LogP contribution < -0.4 is 10.9 Å². The van der Waals surface area contributed by atoms with Crippen LogP contribution in [0, 0.1) is 11.8 Å². The van der Waals surface area contributed by atoms with E-state index < -0.39 is 0 Å². The zero-order chi connectivity index (χ0) is 18.2. The van der Waals surface area contributed by atoms with E-state index in [4.69, 9.17) is 4.98 Å². The van der Waals surface area contributed by atoms with Gasteiger partial charge in [-0.1, -0.05) is 32.1 Å². The van der Waals surface area contributed by atoms with E-state index in [1.807, 2.05) is 12.3 Å². The number of aryl methyl sites for hydroxylation is 1. The summed E-state index contributed by atoms with van der Waals surface area (Å²) in [4.78, 5) is 11.9. The lowest BCUT2D eigenvalue weighted by Crippen LogP contribution is -2.46. The molecule has 0 radical (unpaired) electrons. The molecule has 5 rings (SSSR count). The highest BCUT2D eigenvalue weighted by Crippen LogP contribution is 2.33. The van der Waals surface area contributed by atoms with Gasteiger partial charge >= 0.3 is 0 Å². The highest BCUT2D eigenvalue weighted by atomic mass is 15.4. The first kappa shape index (κ1) is 17.6. The Morgan fingerprint density at radius 3 is 2.89 bits per heavy atom. The van der Waals surface area contributed by atoms with Crippen molar-refractivity contribution in [1.29, 1.82) is 0 Å². The lowest BCUT2D eigenvalue weighted by Gasteiger charge is -2.37. The summed E-state index contributed by atoms with van der Waals surface area (Å²) in [5.74, 6) is 2.77. The van der Waals surface area contributed by atoms with Gasteiger partial charge in [0.25, 0.3) is 0 Å². The molecule has 27 heavy (non-hydrogen) atoms. The molecule has 3 unspecified atom stereocenters. The van der Waals surface area contributed by atoms with Crippen molar-refractivity contribution in [3.05, 3.63) is 24.2 Å². The van der Waals surface area contributed by atoms with Gasteiger partial charge < -0.3 is 4.57 Å². The molecule has 0 bridgehead atoms. The first-order valence-electron chi connectivity index (χ1n) is 10.8. The minimum Gasteiger partial charge on any atom is -0.315 e. The number of nitrogens with zero attached hydrogens (tertiary/aromatic N) is 4. The van der Waals surface area contributed by atoms with Crippen molar-refractivity contribution in [3.8, 4) is 0 Å². The van der Waals surface area contributed by atoms with Gasteiger partial charge in [0.1, 0.15) is 11.3 Å². The van der Waals surface area contributed by atoms with Gasteiger partial charge in [-0.05, 0) is 30.9 Å². The van der Waals surface area contributed by atoms with Gasteiger partial charge in [0, 0.05) is 44.3 Å². The van der Waals surface area contributed by atoms with Crippen LogP contribution in [0.1, 0.15) is 50.8 Å². The van der Waals surface area contributed by atoms with Crippen LogP contribution in [-0.4, -0.2) is 44.6 Å². The number of hydrazine groups is 1. The molecule has 0 aromatic carbocycles. The summed E-state index contributed by atoms with van der Waals surface area (Å²) >= 11 is 0. The van der Waals surface area contributed by atoms with E-state index in [0.29, 0.717) is 18.0 Å². The molecule has 2 aliphatic heterocycles. The SMILES string of the molecule is Cn1c(CN2CCC3NNC(CC4CCCCC4)C3C2)nc2cccnc21. The molecule has 2 aromatic heterocycles. The number of aromatic nitrogens is 3. The predicted molar refractivity (Wildman–Crippen MR) is 107 cm³/mol. The fourth-order valence-electron chi connectivity index (χ4n) is 5.53.